The van der Waals surface area contributed by atoms with Gasteiger partial charge in [0.05, 0.1) is 31.8 Å². The standard InChI is InChI=1S/C18H22N2O8S/c1-4-26-14(23)9-20(10-15(24)27-5-2)17-12(8-19)11(7-13(21)22)16(29-17)18(25)28-6-3/h4-7,9-10H2,1-3H3,(H,21,22). The third-order valence-electron chi connectivity index (χ3n) is 3.43. The Balaban J connectivity index is 3.49. The average molecular weight is 426 g/mol. The third kappa shape index (κ3) is 6.76. The smallest absolute Gasteiger partial charge is 0.348 e. The number of hydrogen-bond acceptors (Lipinski definition) is 10. The number of aliphatic carboxylic acids is 1. The number of anilines is 1. The summed E-state index contributed by atoms with van der Waals surface area (Å²) < 4.78 is 14.7. The van der Waals surface area contributed by atoms with Crippen molar-refractivity contribution in [3.05, 3.63) is 16.0 Å². The van der Waals surface area contributed by atoms with Crippen LogP contribution < -0.4 is 4.90 Å². The SMILES string of the molecule is CCOC(=O)CN(CC(=O)OCC)c1sc(C(=O)OCC)c(CC(=O)O)c1C#N. The van der Waals surface area contributed by atoms with Crippen LogP contribution in [0.4, 0.5) is 5.00 Å². The van der Waals surface area contributed by atoms with Gasteiger partial charge in [0.1, 0.15) is 29.0 Å². The minimum Gasteiger partial charge on any atom is -0.481 e. The van der Waals surface area contributed by atoms with Gasteiger partial charge in [0.25, 0.3) is 0 Å². The van der Waals surface area contributed by atoms with E-state index in [1.165, 1.54) is 4.90 Å². The van der Waals surface area contributed by atoms with Crippen LogP contribution in [-0.4, -0.2) is 61.9 Å². The van der Waals surface area contributed by atoms with Crippen LogP contribution in [0.1, 0.15) is 41.6 Å². The van der Waals surface area contributed by atoms with Crippen molar-refractivity contribution in [1.82, 2.24) is 0 Å². The summed E-state index contributed by atoms with van der Waals surface area (Å²) >= 11 is 0.779. The normalized spacial score (nSPS) is 10.0. The number of carbonyl (C=O) groups excluding carboxylic acids is 3. The molecule has 1 aromatic rings. The Labute approximate surface area is 171 Å². The second-order valence-corrected chi connectivity index (χ2v) is 6.46. The number of carbonyl (C=O) groups is 4. The van der Waals surface area contributed by atoms with E-state index < -0.39 is 43.4 Å². The van der Waals surface area contributed by atoms with Crippen molar-refractivity contribution in [1.29, 1.82) is 5.26 Å². The van der Waals surface area contributed by atoms with Crippen molar-refractivity contribution >= 4 is 40.2 Å². The molecule has 29 heavy (non-hydrogen) atoms. The number of ether oxygens (including phenoxy) is 3. The number of rotatable bonds is 11. The van der Waals surface area contributed by atoms with E-state index in [-0.39, 0.29) is 40.8 Å². The summed E-state index contributed by atoms with van der Waals surface area (Å²) in [7, 11) is 0. The molecule has 0 unspecified atom stereocenters. The molecule has 0 amide bonds. The van der Waals surface area contributed by atoms with E-state index in [0.29, 0.717) is 0 Å². The molecule has 0 bridgehead atoms. The molecule has 0 aliphatic carbocycles. The van der Waals surface area contributed by atoms with Crippen molar-refractivity contribution in [3.63, 3.8) is 0 Å². The maximum Gasteiger partial charge on any atom is 0.348 e. The van der Waals surface area contributed by atoms with Gasteiger partial charge in [-0.05, 0) is 20.8 Å². The number of nitrogens with zero attached hydrogens (tertiary/aromatic N) is 2. The van der Waals surface area contributed by atoms with E-state index in [1.807, 2.05) is 6.07 Å². The Morgan fingerprint density at radius 2 is 1.52 bits per heavy atom. The van der Waals surface area contributed by atoms with E-state index in [4.69, 9.17) is 14.2 Å². The summed E-state index contributed by atoms with van der Waals surface area (Å²) in [6.07, 6.45) is -0.597. The quantitative estimate of drug-likeness (QED) is 0.407. The Hall–Kier alpha value is -3.13. The maximum absolute atomic E-state index is 12.3. The van der Waals surface area contributed by atoms with E-state index in [9.17, 15) is 29.5 Å². The van der Waals surface area contributed by atoms with Crippen molar-refractivity contribution in [2.24, 2.45) is 0 Å². The van der Waals surface area contributed by atoms with E-state index in [1.54, 1.807) is 20.8 Å². The highest BCUT2D eigenvalue weighted by atomic mass is 32.1. The third-order valence-corrected chi connectivity index (χ3v) is 4.70. The molecule has 1 N–H and O–H groups in total. The highest BCUT2D eigenvalue weighted by Gasteiger charge is 2.30. The Morgan fingerprint density at radius 3 is 1.93 bits per heavy atom. The Morgan fingerprint density at radius 1 is 1.00 bits per heavy atom. The summed E-state index contributed by atoms with van der Waals surface area (Å²) in [4.78, 5) is 48.7. The van der Waals surface area contributed by atoms with Gasteiger partial charge in [-0.15, -0.1) is 11.3 Å². The molecular formula is C18H22N2O8S. The van der Waals surface area contributed by atoms with Crippen LogP contribution in [0, 0.1) is 11.3 Å². The molecule has 158 valence electrons. The largest absolute Gasteiger partial charge is 0.481 e. The average Bonchev–Trinajstić information content (AvgIpc) is 2.99. The maximum atomic E-state index is 12.3. The lowest BCUT2D eigenvalue weighted by atomic mass is 10.1. The first-order valence-electron chi connectivity index (χ1n) is 8.79. The molecule has 0 atom stereocenters. The minimum atomic E-state index is -1.25. The molecule has 0 radical (unpaired) electrons. The van der Waals surface area contributed by atoms with Gasteiger partial charge in [-0.3, -0.25) is 14.4 Å². The molecule has 0 fully saturated rings. The zero-order valence-electron chi connectivity index (χ0n) is 16.4. The Kier molecular flexibility index (Phi) is 9.61. The molecule has 10 nitrogen and oxygen atoms in total. The molecule has 0 aliphatic heterocycles. The molecular weight excluding hydrogens is 404 g/mol. The predicted octanol–water partition coefficient (Wildman–Crippen LogP) is 1.36. The highest BCUT2D eigenvalue weighted by Crippen LogP contribution is 2.37. The molecule has 1 heterocycles. The van der Waals surface area contributed by atoms with E-state index >= 15 is 0 Å². The minimum absolute atomic E-state index is 0.0313. The van der Waals surface area contributed by atoms with Gasteiger partial charge in [0.2, 0.25) is 0 Å². The van der Waals surface area contributed by atoms with Gasteiger partial charge in [-0.1, -0.05) is 0 Å². The lowest BCUT2D eigenvalue weighted by Crippen LogP contribution is -2.36. The summed E-state index contributed by atoms with van der Waals surface area (Å²) in [5.41, 5.74) is -0.148. The number of carboxylic acids is 1. The van der Waals surface area contributed by atoms with Gasteiger partial charge in [-0.2, -0.15) is 5.26 Å². The summed E-state index contributed by atoms with van der Waals surface area (Å²) in [5, 5.41) is 18.9. The Bertz CT molecular complexity index is 792. The lowest BCUT2D eigenvalue weighted by Gasteiger charge is -2.21. The summed E-state index contributed by atoms with van der Waals surface area (Å²) in [6, 6.07) is 1.87. The van der Waals surface area contributed by atoms with Crippen molar-refractivity contribution in [2.45, 2.75) is 27.2 Å². The molecule has 11 heteroatoms. The van der Waals surface area contributed by atoms with Crippen LogP contribution in [-0.2, 0) is 35.0 Å². The van der Waals surface area contributed by atoms with Crippen LogP contribution >= 0.6 is 11.3 Å². The van der Waals surface area contributed by atoms with E-state index in [0.717, 1.165) is 11.3 Å². The molecule has 0 saturated heterocycles. The van der Waals surface area contributed by atoms with Crippen LogP contribution in [0.15, 0.2) is 0 Å². The molecule has 1 aromatic heterocycles. The van der Waals surface area contributed by atoms with Gasteiger partial charge in [-0.25, -0.2) is 4.79 Å². The van der Waals surface area contributed by atoms with Gasteiger partial charge in [0, 0.05) is 5.56 Å². The number of nitriles is 1. The predicted molar refractivity (Wildman–Crippen MR) is 102 cm³/mol. The number of esters is 3. The molecule has 0 aliphatic rings. The highest BCUT2D eigenvalue weighted by molar-refractivity contribution is 7.18. The van der Waals surface area contributed by atoms with Crippen LogP contribution in [0.2, 0.25) is 0 Å². The fraction of sp³-hybridized carbons (Fsp3) is 0.500. The van der Waals surface area contributed by atoms with Crippen molar-refractivity contribution < 1.29 is 38.5 Å². The first-order valence-corrected chi connectivity index (χ1v) is 9.61. The number of carboxylic acid groups (broad SMARTS) is 1. The molecule has 0 spiro atoms. The molecule has 0 aromatic carbocycles. The summed E-state index contributed by atoms with van der Waals surface area (Å²) in [6.45, 7) is 4.30. The topological polar surface area (TPSA) is 143 Å². The van der Waals surface area contributed by atoms with Crippen LogP contribution in [0.3, 0.4) is 0 Å². The van der Waals surface area contributed by atoms with Crippen LogP contribution in [0.5, 0.6) is 0 Å². The van der Waals surface area contributed by atoms with Crippen molar-refractivity contribution in [2.75, 3.05) is 37.8 Å². The van der Waals surface area contributed by atoms with E-state index in [2.05, 4.69) is 0 Å². The van der Waals surface area contributed by atoms with Gasteiger partial charge >= 0.3 is 23.9 Å². The first kappa shape index (κ1) is 23.9. The van der Waals surface area contributed by atoms with Crippen molar-refractivity contribution in [3.8, 4) is 6.07 Å². The van der Waals surface area contributed by atoms with Crippen LogP contribution in [0.25, 0.3) is 0 Å². The first-order chi connectivity index (χ1) is 13.8. The molecule has 1 rings (SSSR count). The zero-order valence-corrected chi connectivity index (χ0v) is 17.2. The summed E-state index contributed by atoms with van der Waals surface area (Å²) in [5.74, 6) is -3.36. The zero-order chi connectivity index (χ0) is 22.0. The fourth-order valence-electron chi connectivity index (χ4n) is 2.40. The number of hydrogen-bond donors (Lipinski definition) is 1. The second kappa shape index (κ2) is 11.7. The molecule has 0 saturated carbocycles. The fourth-order valence-corrected chi connectivity index (χ4v) is 3.56. The lowest BCUT2D eigenvalue weighted by molar-refractivity contribution is -0.142. The van der Waals surface area contributed by atoms with Gasteiger partial charge in [0.15, 0.2) is 0 Å². The monoisotopic (exact) mass is 426 g/mol. The second-order valence-electron chi connectivity index (χ2n) is 5.46. The van der Waals surface area contributed by atoms with Gasteiger partial charge < -0.3 is 24.2 Å². The number of thiophene rings is 1.